The van der Waals surface area contributed by atoms with Crippen LogP contribution in [-0.2, 0) is 13.0 Å². The number of carbonyl (C=O) groups is 1. The molecule has 2 fully saturated rings. The van der Waals surface area contributed by atoms with Crippen LogP contribution in [0.3, 0.4) is 0 Å². The number of carbonyl (C=O) groups excluding carboxylic acids is 1. The molecule has 4 nitrogen and oxygen atoms in total. The summed E-state index contributed by atoms with van der Waals surface area (Å²) in [7, 11) is 0. The molecule has 4 rings (SSSR count). The molecule has 0 unspecified atom stereocenters. The molecule has 26 heavy (non-hydrogen) atoms. The molecule has 0 aliphatic carbocycles. The molecule has 3 N–H and O–H groups in total. The van der Waals surface area contributed by atoms with E-state index in [-0.39, 0.29) is 6.03 Å². The summed E-state index contributed by atoms with van der Waals surface area (Å²) in [4.78, 5) is 15.7. The van der Waals surface area contributed by atoms with Gasteiger partial charge in [0, 0.05) is 37.4 Å². The molecular formula is C21H28N3OS+. The number of aryl methyl sites for hydroxylation is 1. The van der Waals surface area contributed by atoms with Crippen molar-refractivity contribution in [1.29, 1.82) is 0 Å². The fourth-order valence-electron chi connectivity index (χ4n) is 4.74. The van der Waals surface area contributed by atoms with E-state index in [2.05, 4.69) is 41.1 Å². The van der Waals surface area contributed by atoms with E-state index in [4.69, 9.17) is 0 Å². The fourth-order valence-corrected chi connectivity index (χ4v) is 5.48. The molecule has 2 aromatic rings. The van der Waals surface area contributed by atoms with Crippen LogP contribution >= 0.6 is 11.3 Å². The van der Waals surface area contributed by atoms with E-state index in [1.165, 1.54) is 23.3 Å². The number of fused-ring (bicyclic) bond motifs is 2. The quantitative estimate of drug-likeness (QED) is 0.744. The first kappa shape index (κ1) is 17.6. The van der Waals surface area contributed by atoms with E-state index >= 15 is 0 Å². The van der Waals surface area contributed by atoms with Crippen molar-refractivity contribution >= 4 is 23.1 Å². The van der Waals surface area contributed by atoms with Gasteiger partial charge in [-0.25, -0.2) is 4.79 Å². The van der Waals surface area contributed by atoms with E-state index in [1.807, 2.05) is 29.5 Å². The van der Waals surface area contributed by atoms with Crippen LogP contribution in [-0.4, -0.2) is 24.2 Å². The number of benzene rings is 1. The second-order valence-corrected chi connectivity index (χ2v) is 8.61. The maximum absolute atomic E-state index is 12.5. The molecule has 1 aromatic heterocycles. The molecule has 0 saturated carbocycles. The molecule has 2 saturated heterocycles. The number of hydrogen-bond acceptors (Lipinski definition) is 2. The van der Waals surface area contributed by atoms with Gasteiger partial charge in [-0.15, -0.1) is 11.3 Å². The Hall–Kier alpha value is -1.85. The SMILES string of the molecule is CCc1ccccc1NC(=O)NC1C[C@H]2CC[C@H](C1)[NH+]2Cc1cccs1. The normalized spacial score (nSPS) is 27.3. The average molecular weight is 371 g/mol. The van der Waals surface area contributed by atoms with Crippen LogP contribution in [0.4, 0.5) is 10.5 Å². The number of nitrogens with one attached hydrogen (secondary N) is 3. The van der Waals surface area contributed by atoms with Gasteiger partial charge in [0.1, 0.15) is 6.54 Å². The Labute approximate surface area is 159 Å². The molecular weight excluding hydrogens is 342 g/mol. The second-order valence-electron chi connectivity index (χ2n) is 7.58. The summed E-state index contributed by atoms with van der Waals surface area (Å²) in [6, 6.07) is 14.1. The van der Waals surface area contributed by atoms with Gasteiger partial charge in [0.25, 0.3) is 0 Å². The van der Waals surface area contributed by atoms with E-state index in [9.17, 15) is 4.79 Å². The van der Waals surface area contributed by atoms with Crippen LogP contribution in [0.25, 0.3) is 0 Å². The molecule has 5 heteroatoms. The molecule has 2 aliphatic heterocycles. The number of thiophene rings is 1. The summed E-state index contributed by atoms with van der Waals surface area (Å²) in [6.45, 7) is 3.26. The molecule has 138 valence electrons. The fraction of sp³-hybridized carbons (Fsp3) is 0.476. The van der Waals surface area contributed by atoms with Crippen molar-refractivity contribution < 1.29 is 9.69 Å². The second kappa shape index (κ2) is 7.80. The Morgan fingerprint density at radius 2 is 1.92 bits per heavy atom. The van der Waals surface area contributed by atoms with Crippen LogP contribution < -0.4 is 15.5 Å². The number of urea groups is 1. The molecule has 3 heterocycles. The lowest BCUT2D eigenvalue weighted by atomic mass is 9.97. The minimum Gasteiger partial charge on any atom is -0.335 e. The highest BCUT2D eigenvalue weighted by molar-refractivity contribution is 7.09. The standard InChI is InChI=1S/C21H27N3OS/c1-2-15-6-3-4-8-20(15)23-21(25)22-16-12-17-9-10-18(13-16)24(17)14-19-7-5-11-26-19/h3-8,11,16-18H,2,9-10,12-14H2,1H3,(H2,22,23,25)/p+1/t17-,18-/m1/s1. The zero-order valence-electron chi connectivity index (χ0n) is 15.3. The predicted molar refractivity (Wildman–Crippen MR) is 107 cm³/mol. The summed E-state index contributed by atoms with van der Waals surface area (Å²) in [5.41, 5.74) is 2.11. The van der Waals surface area contributed by atoms with Gasteiger partial charge in [0.15, 0.2) is 0 Å². The van der Waals surface area contributed by atoms with Crippen LogP contribution in [0, 0.1) is 0 Å². The van der Waals surface area contributed by atoms with Crippen molar-refractivity contribution in [3.63, 3.8) is 0 Å². The molecule has 2 aliphatic rings. The molecule has 0 spiro atoms. The van der Waals surface area contributed by atoms with Gasteiger partial charge in [0.05, 0.1) is 17.0 Å². The third-order valence-electron chi connectivity index (χ3n) is 5.99. The third kappa shape index (κ3) is 3.79. The van der Waals surface area contributed by atoms with Crippen LogP contribution in [0.5, 0.6) is 0 Å². The van der Waals surface area contributed by atoms with E-state index in [0.717, 1.165) is 31.5 Å². The largest absolute Gasteiger partial charge is 0.335 e. The van der Waals surface area contributed by atoms with Crippen molar-refractivity contribution in [3.05, 3.63) is 52.2 Å². The Kier molecular flexibility index (Phi) is 5.27. The number of piperidine rings is 1. The Balaban J connectivity index is 1.33. The highest BCUT2D eigenvalue weighted by Gasteiger charge is 2.44. The maximum atomic E-state index is 12.5. The lowest BCUT2D eigenvalue weighted by molar-refractivity contribution is -0.954. The van der Waals surface area contributed by atoms with Crippen molar-refractivity contribution in [2.24, 2.45) is 0 Å². The molecule has 2 amide bonds. The van der Waals surface area contributed by atoms with E-state index < -0.39 is 0 Å². The van der Waals surface area contributed by atoms with Gasteiger partial charge < -0.3 is 15.5 Å². The van der Waals surface area contributed by atoms with Gasteiger partial charge >= 0.3 is 6.03 Å². The number of anilines is 1. The number of quaternary nitrogens is 1. The highest BCUT2D eigenvalue weighted by atomic mass is 32.1. The van der Waals surface area contributed by atoms with Crippen molar-refractivity contribution in [3.8, 4) is 0 Å². The van der Waals surface area contributed by atoms with Crippen molar-refractivity contribution in [1.82, 2.24) is 5.32 Å². The molecule has 1 aromatic carbocycles. The van der Waals surface area contributed by atoms with Gasteiger partial charge in [-0.1, -0.05) is 31.2 Å². The summed E-state index contributed by atoms with van der Waals surface area (Å²) >= 11 is 1.86. The van der Waals surface area contributed by atoms with Crippen LogP contribution in [0.15, 0.2) is 41.8 Å². The summed E-state index contributed by atoms with van der Waals surface area (Å²) in [5.74, 6) is 0. The van der Waals surface area contributed by atoms with E-state index in [0.29, 0.717) is 18.1 Å². The minimum atomic E-state index is -0.0583. The first-order chi connectivity index (χ1) is 12.7. The number of rotatable bonds is 5. The molecule has 2 bridgehead atoms. The lowest BCUT2D eigenvalue weighted by Crippen LogP contribution is -3.17. The number of hydrogen-bond donors (Lipinski definition) is 3. The van der Waals surface area contributed by atoms with Crippen molar-refractivity contribution in [2.45, 2.75) is 63.7 Å². The van der Waals surface area contributed by atoms with Crippen molar-refractivity contribution in [2.75, 3.05) is 5.32 Å². The summed E-state index contributed by atoms with van der Waals surface area (Å²) in [6.07, 6.45) is 5.71. The maximum Gasteiger partial charge on any atom is 0.319 e. The van der Waals surface area contributed by atoms with Crippen LogP contribution in [0.1, 0.15) is 43.0 Å². The molecule has 2 atom stereocenters. The monoisotopic (exact) mass is 370 g/mol. The zero-order chi connectivity index (χ0) is 17.9. The van der Waals surface area contributed by atoms with Gasteiger partial charge in [-0.3, -0.25) is 0 Å². The molecule has 0 radical (unpaired) electrons. The minimum absolute atomic E-state index is 0.0583. The smallest absolute Gasteiger partial charge is 0.319 e. The average Bonchev–Trinajstić information content (AvgIpc) is 3.22. The topological polar surface area (TPSA) is 45.6 Å². The number of para-hydroxylation sites is 1. The van der Waals surface area contributed by atoms with Gasteiger partial charge in [-0.05, 0) is 29.5 Å². The Morgan fingerprint density at radius 3 is 2.62 bits per heavy atom. The van der Waals surface area contributed by atoms with Gasteiger partial charge in [0.2, 0.25) is 0 Å². The number of amides is 2. The zero-order valence-corrected chi connectivity index (χ0v) is 16.1. The highest BCUT2D eigenvalue weighted by Crippen LogP contribution is 2.24. The van der Waals surface area contributed by atoms with Crippen LogP contribution in [0.2, 0.25) is 0 Å². The first-order valence-electron chi connectivity index (χ1n) is 9.76. The first-order valence-corrected chi connectivity index (χ1v) is 10.6. The van der Waals surface area contributed by atoms with Gasteiger partial charge in [-0.2, -0.15) is 0 Å². The summed E-state index contributed by atoms with van der Waals surface area (Å²) < 4.78 is 0. The summed E-state index contributed by atoms with van der Waals surface area (Å²) in [5, 5.41) is 8.46. The Morgan fingerprint density at radius 1 is 1.15 bits per heavy atom. The van der Waals surface area contributed by atoms with E-state index in [1.54, 1.807) is 4.90 Å². The Bertz CT molecular complexity index is 731. The lowest BCUT2D eigenvalue weighted by Gasteiger charge is -2.36. The third-order valence-corrected chi connectivity index (χ3v) is 6.87. The predicted octanol–water partition coefficient (Wildman–Crippen LogP) is 3.21.